The van der Waals surface area contributed by atoms with Gasteiger partial charge in [-0.05, 0) is 23.6 Å². The predicted molar refractivity (Wildman–Crippen MR) is 91.1 cm³/mol. The van der Waals surface area contributed by atoms with Crippen LogP contribution in [0.1, 0.15) is 6.92 Å². The average molecular weight is 407 g/mol. The standard InChI is InChI=1S/C12H11NO8S2.2Na/c1-6(14)13-10-4-8(22(16,17)18)2-7-3-9(23(19,20)21)5-11(15)12(7)10;;/h2-5,15H,1H3,(H,13,14)(H,16,17,18)(H,19,20,21);;. The summed E-state index contributed by atoms with van der Waals surface area (Å²) in [5.74, 6) is -1.20. The number of amides is 1. The Bertz CT molecular complexity index is 1030. The molecule has 126 valence electrons. The van der Waals surface area contributed by atoms with Crippen LogP contribution in [0.15, 0.2) is 34.1 Å². The van der Waals surface area contributed by atoms with E-state index in [4.69, 9.17) is 9.11 Å². The summed E-state index contributed by atoms with van der Waals surface area (Å²) >= 11 is 0. The zero-order chi connectivity index (χ0) is 17.6. The fourth-order valence-corrected chi connectivity index (χ4v) is 3.10. The summed E-state index contributed by atoms with van der Waals surface area (Å²) < 4.78 is 63.1. The normalized spacial score (nSPS) is 11.3. The van der Waals surface area contributed by atoms with Crippen molar-refractivity contribution in [3.05, 3.63) is 24.3 Å². The number of anilines is 1. The number of phenolic OH excluding ortho intramolecular Hbond substituents is 1. The van der Waals surface area contributed by atoms with E-state index < -0.39 is 41.7 Å². The number of rotatable bonds is 3. The molecule has 0 saturated carbocycles. The van der Waals surface area contributed by atoms with Crippen LogP contribution in [0.4, 0.5) is 5.69 Å². The molecule has 0 aliphatic carbocycles. The molecule has 2 rings (SSSR count). The van der Waals surface area contributed by atoms with Gasteiger partial charge in [-0.3, -0.25) is 13.9 Å². The van der Waals surface area contributed by atoms with Crippen LogP contribution in [0.5, 0.6) is 5.75 Å². The van der Waals surface area contributed by atoms with Crippen molar-refractivity contribution in [1.29, 1.82) is 0 Å². The Morgan fingerprint density at radius 2 is 1.36 bits per heavy atom. The third-order valence-electron chi connectivity index (χ3n) is 2.88. The Kier molecular flexibility index (Phi) is 8.58. The molecule has 0 atom stereocenters. The van der Waals surface area contributed by atoms with Gasteiger partial charge in [-0.1, -0.05) is 0 Å². The van der Waals surface area contributed by atoms with E-state index in [-0.39, 0.29) is 75.6 Å². The van der Waals surface area contributed by atoms with Crippen LogP contribution in [0.3, 0.4) is 0 Å². The predicted octanol–water partition coefficient (Wildman–Crippen LogP) is 0.236. The number of hydrogen-bond acceptors (Lipinski definition) is 6. The van der Waals surface area contributed by atoms with Crippen molar-refractivity contribution < 1.29 is 35.8 Å². The first-order chi connectivity index (χ1) is 10.4. The molecule has 0 spiro atoms. The molecule has 0 bridgehead atoms. The zero-order valence-corrected chi connectivity index (χ0v) is 19.1. The molecule has 1 amide bonds. The van der Waals surface area contributed by atoms with Gasteiger partial charge in [0.25, 0.3) is 20.2 Å². The molecule has 4 N–H and O–H groups in total. The van der Waals surface area contributed by atoms with E-state index in [0.717, 1.165) is 31.2 Å². The Morgan fingerprint density at radius 3 is 1.76 bits per heavy atom. The van der Waals surface area contributed by atoms with E-state index in [9.17, 15) is 26.7 Å². The average Bonchev–Trinajstić information content (AvgIpc) is 2.34. The molecule has 0 heterocycles. The SMILES string of the molecule is CC(=O)Nc1cc(S(=O)(=O)O)cc2cc(S(=O)(=O)O)cc(O)c12.[Na].[Na]. The van der Waals surface area contributed by atoms with Gasteiger partial charge in [-0.2, -0.15) is 16.8 Å². The molecule has 2 aromatic carbocycles. The summed E-state index contributed by atoms with van der Waals surface area (Å²) in [5.41, 5.74) is -0.151. The maximum Gasteiger partial charge on any atom is 0.294 e. The number of phenols is 1. The molecule has 13 heteroatoms. The monoisotopic (exact) mass is 407 g/mol. The molecule has 0 aromatic heterocycles. The molecule has 0 fully saturated rings. The zero-order valence-electron chi connectivity index (χ0n) is 13.5. The van der Waals surface area contributed by atoms with Gasteiger partial charge in [0.05, 0.1) is 15.5 Å². The van der Waals surface area contributed by atoms with Crippen molar-refractivity contribution in [2.24, 2.45) is 0 Å². The topological polar surface area (TPSA) is 158 Å². The number of aromatic hydroxyl groups is 1. The third-order valence-corrected chi connectivity index (χ3v) is 4.54. The minimum absolute atomic E-state index is 0. The Balaban J connectivity index is 0.00000288. The van der Waals surface area contributed by atoms with Crippen LogP contribution in [0.25, 0.3) is 10.8 Å². The summed E-state index contributed by atoms with van der Waals surface area (Å²) in [4.78, 5) is 9.91. The van der Waals surface area contributed by atoms with Gasteiger partial charge in [0.1, 0.15) is 5.75 Å². The van der Waals surface area contributed by atoms with Gasteiger partial charge < -0.3 is 10.4 Å². The largest absolute Gasteiger partial charge is 0.507 e. The fraction of sp³-hybridized carbons (Fsp3) is 0.0833. The van der Waals surface area contributed by atoms with Gasteiger partial charge in [0, 0.05) is 77.5 Å². The summed E-state index contributed by atoms with van der Waals surface area (Å²) in [5, 5.41) is 12.1. The summed E-state index contributed by atoms with van der Waals surface area (Å²) in [6.07, 6.45) is 0. The number of hydrogen-bond donors (Lipinski definition) is 4. The van der Waals surface area contributed by atoms with Crippen molar-refractivity contribution >= 4 is 102 Å². The quantitative estimate of drug-likeness (QED) is 0.416. The van der Waals surface area contributed by atoms with Gasteiger partial charge in [-0.15, -0.1) is 0 Å². The second-order valence-corrected chi connectivity index (χ2v) is 7.49. The maximum absolute atomic E-state index is 11.3. The minimum Gasteiger partial charge on any atom is -0.507 e. The number of benzene rings is 2. The van der Waals surface area contributed by atoms with Crippen LogP contribution in [0, 0.1) is 0 Å². The maximum atomic E-state index is 11.3. The Labute approximate surface area is 187 Å². The molecule has 2 aromatic rings. The number of carbonyl (C=O) groups excluding carboxylic acids is 1. The molecule has 0 saturated heterocycles. The summed E-state index contributed by atoms with van der Waals surface area (Å²) in [6.45, 7) is 1.13. The molecule has 25 heavy (non-hydrogen) atoms. The van der Waals surface area contributed by atoms with Crippen LogP contribution in [-0.4, -0.2) is 96.1 Å². The van der Waals surface area contributed by atoms with E-state index >= 15 is 0 Å². The van der Waals surface area contributed by atoms with E-state index in [1.165, 1.54) is 0 Å². The van der Waals surface area contributed by atoms with E-state index in [0.29, 0.717) is 0 Å². The third kappa shape index (κ3) is 5.89. The molecular weight excluding hydrogens is 396 g/mol. The van der Waals surface area contributed by atoms with Crippen molar-refractivity contribution in [1.82, 2.24) is 0 Å². The molecular formula is C12H11NNa2O8S2. The van der Waals surface area contributed by atoms with Crippen molar-refractivity contribution in [2.75, 3.05) is 5.32 Å². The molecule has 0 aliphatic rings. The van der Waals surface area contributed by atoms with Crippen LogP contribution in [-0.2, 0) is 25.0 Å². The smallest absolute Gasteiger partial charge is 0.294 e. The molecule has 0 aliphatic heterocycles. The molecule has 2 radical (unpaired) electrons. The first-order valence-electron chi connectivity index (χ1n) is 5.93. The van der Waals surface area contributed by atoms with Crippen molar-refractivity contribution in [3.63, 3.8) is 0 Å². The molecule has 0 unspecified atom stereocenters. The van der Waals surface area contributed by atoms with Crippen molar-refractivity contribution in [2.45, 2.75) is 16.7 Å². The van der Waals surface area contributed by atoms with Gasteiger partial charge in [0.2, 0.25) is 5.91 Å². The van der Waals surface area contributed by atoms with E-state index in [1.54, 1.807) is 0 Å². The Hall–Kier alpha value is -0.210. The Morgan fingerprint density at radius 1 is 0.920 bits per heavy atom. The second-order valence-electron chi connectivity index (χ2n) is 4.64. The van der Waals surface area contributed by atoms with Crippen molar-refractivity contribution in [3.8, 4) is 5.75 Å². The summed E-state index contributed by atoms with van der Waals surface area (Å²) in [7, 11) is -9.32. The van der Waals surface area contributed by atoms with E-state index in [1.807, 2.05) is 0 Å². The molecule has 9 nitrogen and oxygen atoms in total. The second kappa shape index (κ2) is 8.65. The van der Waals surface area contributed by atoms with Crippen LogP contribution in [0.2, 0.25) is 0 Å². The summed E-state index contributed by atoms with van der Waals surface area (Å²) in [6, 6.07) is 3.44. The van der Waals surface area contributed by atoms with Gasteiger partial charge >= 0.3 is 0 Å². The van der Waals surface area contributed by atoms with Crippen LogP contribution < -0.4 is 5.32 Å². The number of carbonyl (C=O) groups is 1. The van der Waals surface area contributed by atoms with Crippen LogP contribution >= 0.6 is 0 Å². The first kappa shape index (κ1) is 24.8. The first-order valence-corrected chi connectivity index (χ1v) is 8.81. The number of nitrogens with one attached hydrogen (secondary N) is 1. The van der Waals surface area contributed by atoms with E-state index in [2.05, 4.69) is 5.32 Å². The fourth-order valence-electron chi connectivity index (χ4n) is 2.02. The van der Waals surface area contributed by atoms with Gasteiger partial charge in [0.15, 0.2) is 0 Å². The van der Waals surface area contributed by atoms with Gasteiger partial charge in [-0.25, -0.2) is 0 Å². The minimum atomic E-state index is -4.66. The number of fused-ring (bicyclic) bond motifs is 1.